The van der Waals surface area contributed by atoms with Gasteiger partial charge in [-0.1, -0.05) is 18.2 Å². The van der Waals surface area contributed by atoms with E-state index in [4.69, 9.17) is 0 Å². The van der Waals surface area contributed by atoms with Gasteiger partial charge in [0.2, 0.25) is 5.91 Å². The van der Waals surface area contributed by atoms with Crippen LogP contribution in [0.3, 0.4) is 0 Å². The Morgan fingerprint density at radius 1 is 1.26 bits per heavy atom. The fourth-order valence-corrected chi connectivity index (χ4v) is 2.33. The number of benzene rings is 1. The van der Waals surface area contributed by atoms with Gasteiger partial charge in [-0.25, -0.2) is 4.39 Å². The number of carbonyl (C=O) groups is 1. The maximum absolute atomic E-state index is 12.9. The number of hydrogen-bond acceptors (Lipinski definition) is 3. The maximum atomic E-state index is 12.9. The summed E-state index contributed by atoms with van der Waals surface area (Å²) in [5.74, 6) is -0.455. The number of carbonyl (C=O) groups excluding carboxylic acids is 1. The summed E-state index contributed by atoms with van der Waals surface area (Å²) in [6.45, 7) is 3.72. The molecule has 0 aliphatic rings. The largest absolute Gasteiger partial charge is 0.388 e. The van der Waals surface area contributed by atoms with Crippen LogP contribution in [0.2, 0.25) is 0 Å². The number of aliphatic hydroxyl groups excluding tert-OH is 1. The molecule has 1 aromatic carbocycles. The second-order valence-electron chi connectivity index (χ2n) is 5.76. The van der Waals surface area contributed by atoms with E-state index in [0.717, 1.165) is 11.3 Å². The van der Waals surface area contributed by atoms with Crippen LogP contribution in [0, 0.1) is 12.7 Å². The SMILES string of the molecule is Cc1ccc(CC(=O)NC(C)CC(O)c2ccc(F)cc2)cn1. The van der Waals surface area contributed by atoms with E-state index in [1.807, 2.05) is 26.0 Å². The Labute approximate surface area is 135 Å². The van der Waals surface area contributed by atoms with Crippen molar-refractivity contribution in [3.63, 3.8) is 0 Å². The van der Waals surface area contributed by atoms with E-state index in [0.29, 0.717) is 12.0 Å². The van der Waals surface area contributed by atoms with Gasteiger partial charge in [-0.2, -0.15) is 0 Å². The number of aromatic nitrogens is 1. The van der Waals surface area contributed by atoms with Crippen LogP contribution >= 0.6 is 0 Å². The number of rotatable bonds is 6. The van der Waals surface area contributed by atoms with Gasteiger partial charge in [-0.05, 0) is 49.6 Å². The monoisotopic (exact) mass is 316 g/mol. The highest BCUT2D eigenvalue weighted by Crippen LogP contribution is 2.18. The molecule has 1 aromatic heterocycles. The zero-order valence-corrected chi connectivity index (χ0v) is 13.3. The summed E-state index contributed by atoms with van der Waals surface area (Å²) in [6, 6.07) is 9.27. The molecule has 2 aromatic rings. The number of halogens is 1. The van der Waals surface area contributed by atoms with Gasteiger partial charge in [0, 0.05) is 17.9 Å². The molecule has 1 amide bonds. The van der Waals surface area contributed by atoms with Crippen molar-refractivity contribution in [1.29, 1.82) is 0 Å². The van der Waals surface area contributed by atoms with Crippen LogP contribution in [0.15, 0.2) is 42.6 Å². The van der Waals surface area contributed by atoms with Crippen molar-refractivity contribution in [1.82, 2.24) is 10.3 Å². The van der Waals surface area contributed by atoms with Gasteiger partial charge in [0.05, 0.1) is 12.5 Å². The summed E-state index contributed by atoms with van der Waals surface area (Å²) in [4.78, 5) is 16.2. The third-order valence-corrected chi connectivity index (χ3v) is 3.58. The fourth-order valence-electron chi connectivity index (χ4n) is 2.33. The van der Waals surface area contributed by atoms with Gasteiger partial charge in [0.25, 0.3) is 0 Å². The Morgan fingerprint density at radius 2 is 1.96 bits per heavy atom. The van der Waals surface area contributed by atoms with Crippen LogP contribution in [0.5, 0.6) is 0 Å². The molecule has 2 atom stereocenters. The molecule has 122 valence electrons. The molecule has 0 aliphatic carbocycles. The molecule has 1 heterocycles. The molecule has 23 heavy (non-hydrogen) atoms. The van der Waals surface area contributed by atoms with Crippen molar-refractivity contribution >= 4 is 5.91 Å². The van der Waals surface area contributed by atoms with Crippen LogP contribution in [-0.4, -0.2) is 22.0 Å². The highest BCUT2D eigenvalue weighted by atomic mass is 19.1. The van der Waals surface area contributed by atoms with Crippen LogP contribution in [-0.2, 0) is 11.2 Å². The molecule has 5 heteroatoms. The summed E-state index contributed by atoms with van der Waals surface area (Å²) in [5.41, 5.74) is 2.39. The lowest BCUT2D eigenvalue weighted by atomic mass is 10.0. The van der Waals surface area contributed by atoms with Crippen molar-refractivity contribution in [2.24, 2.45) is 0 Å². The third kappa shape index (κ3) is 5.45. The molecule has 0 saturated heterocycles. The van der Waals surface area contributed by atoms with Crippen molar-refractivity contribution in [2.75, 3.05) is 0 Å². The van der Waals surface area contributed by atoms with Crippen LogP contribution in [0.4, 0.5) is 4.39 Å². The van der Waals surface area contributed by atoms with Crippen molar-refractivity contribution in [2.45, 2.75) is 38.8 Å². The van der Waals surface area contributed by atoms with E-state index >= 15 is 0 Å². The Kier molecular flexibility index (Phi) is 5.82. The molecule has 2 unspecified atom stereocenters. The minimum atomic E-state index is -0.744. The maximum Gasteiger partial charge on any atom is 0.224 e. The Hall–Kier alpha value is -2.27. The lowest BCUT2D eigenvalue weighted by molar-refractivity contribution is -0.121. The number of pyridine rings is 1. The topological polar surface area (TPSA) is 62.2 Å². The average Bonchev–Trinajstić information content (AvgIpc) is 2.50. The summed E-state index contributed by atoms with van der Waals surface area (Å²) in [5, 5.41) is 13.0. The van der Waals surface area contributed by atoms with Gasteiger partial charge in [-0.3, -0.25) is 9.78 Å². The highest BCUT2D eigenvalue weighted by Gasteiger charge is 2.15. The molecular formula is C18H21FN2O2. The molecule has 0 spiro atoms. The standard InChI is InChI=1S/C18H21FN2O2/c1-12-3-4-14(11-20-12)10-18(23)21-13(2)9-17(22)15-5-7-16(19)8-6-15/h3-8,11,13,17,22H,9-10H2,1-2H3,(H,21,23). The summed E-state index contributed by atoms with van der Waals surface area (Å²) in [6.07, 6.45) is 1.56. The van der Waals surface area contributed by atoms with Gasteiger partial charge in [0.15, 0.2) is 0 Å². The van der Waals surface area contributed by atoms with E-state index in [9.17, 15) is 14.3 Å². The molecule has 0 aliphatic heterocycles. The first-order valence-corrected chi connectivity index (χ1v) is 7.58. The molecule has 0 radical (unpaired) electrons. The predicted molar refractivity (Wildman–Crippen MR) is 86.3 cm³/mol. The van der Waals surface area contributed by atoms with Crippen LogP contribution in [0.25, 0.3) is 0 Å². The van der Waals surface area contributed by atoms with E-state index < -0.39 is 6.10 Å². The van der Waals surface area contributed by atoms with Crippen molar-refractivity contribution in [3.05, 3.63) is 65.2 Å². The Bertz CT molecular complexity index is 641. The number of aliphatic hydroxyl groups is 1. The van der Waals surface area contributed by atoms with E-state index in [1.54, 1.807) is 18.3 Å². The van der Waals surface area contributed by atoms with Crippen molar-refractivity contribution in [3.8, 4) is 0 Å². The second kappa shape index (κ2) is 7.83. The van der Waals surface area contributed by atoms with Gasteiger partial charge in [0.1, 0.15) is 5.82 Å². The first-order chi connectivity index (χ1) is 10.9. The average molecular weight is 316 g/mol. The smallest absolute Gasteiger partial charge is 0.224 e. The second-order valence-corrected chi connectivity index (χ2v) is 5.76. The first-order valence-electron chi connectivity index (χ1n) is 7.58. The van der Waals surface area contributed by atoms with Crippen LogP contribution < -0.4 is 5.32 Å². The minimum absolute atomic E-state index is 0.116. The Balaban J connectivity index is 1.83. The molecular weight excluding hydrogens is 295 g/mol. The number of amides is 1. The molecule has 0 fully saturated rings. The molecule has 4 nitrogen and oxygen atoms in total. The summed E-state index contributed by atoms with van der Waals surface area (Å²) < 4.78 is 12.9. The number of nitrogens with one attached hydrogen (secondary N) is 1. The van der Waals surface area contributed by atoms with E-state index in [2.05, 4.69) is 10.3 Å². The lowest BCUT2D eigenvalue weighted by Crippen LogP contribution is -2.34. The number of hydrogen-bond donors (Lipinski definition) is 2. The third-order valence-electron chi connectivity index (χ3n) is 3.58. The zero-order chi connectivity index (χ0) is 16.8. The number of aryl methyl sites for hydroxylation is 1. The fraction of sp³-hybridized carbons (Fsp3) is 0.333. The number of nitrogens with zero attached hydrogens (tertiary/aromatic N) is 1. The van der Waals surface area contributed by atoms with Gasteiger partial charge < -0.3 is 10.4 Å². The first kappa shape index (κ1) is 17.1. The highest BCUT2D eigenvalue weighted by molar-refractivity contribution is 5.78. The van der Waals surface area contributed by atoms with Gasteiger partial charge >= 0.3 is 0 Å². The summed E-state index contributed by atoms with van der Waals surface area (Å²) >= 11 is 0. The molecule has 0 saturated carbocycles. The quantitative estimate of drug-likeness (QED) is 0.861. The molecule has 0 bridgehead atoms. The van der Waals surface area contributed by atoms with E-state index in [1.165, 1.54) is 12.1 Å². The minimum Gasteiger partial charge on any atom is -0.388 e. The van der Waals surface area contributed by atoms with Gasteiger partial charge in [-0.15, -0.1) is 0 Å². The van der Waals surface area contributed by atoms with Crippen LogP contribution in [0.1, 0.15) is 36.3 Å². The molecule has 2 rings (SSSR count). The summed E-state index contributed by atoms with van der Waals surface area (Å²) in [7, 11) is 0. The normalized spacial score (nSPS) is 13.4. The lowest BCUT2D eigenvalue weighted by Gasteiger charge is -2.18. The van der Waals surface area contributed by atoms with E-state index in [-0.39, 0.29) is 24.2 Å². The Morgan fingerprint density at radius 3 is 2.57 bits per heavy atom. The van der Waals surface area contributed by atoms with Crippen molar-refractivity contribution < 1.29 is 14.3 Å². The zero-order valence-electron chi connectivity index (χ0n) is 13.3. The predicted octanol–water partition coefficient (Wildman–Crippen LogP) is 2.70. The molecule has 2 N–H and O–H groups in total.